The third-order valence-corrected chi connectivity index (χ3v) is 3.23. The lowest BCUT2D eigenvalue weighted by atomic mass is 10.1. The second kappa shape index (κ2) is 8.04. The highest BCUT2D eigenvalue weighted by Crippen LogP contribution is 2.26. The van der Waals surface area contributed by atoms with Crippen LogP contribution in [0.2, 0.25) is 0 Å². The van der Waals surface area contributed by atoms with Crippen LogP contribution in [0.5, 0.6) is 0 Å². The smallest absolute Gasteiger partial charge is 0.0589 e. The summed E-state index contributed by atoms with van der Waals surface area (Å²) >= 11 is 0. The maximum Gasteiger partial charge on any atom is 0.0589 e. The van der Waals surface area contributed by atoms with Crippen LogP contribution in [0.3, 0.4) is 0 Å². The fraction of sp³-hybridized carbons (Fsp3) is 1.00. The van der Waals surface area contributed by atoms with E-state index in [1.165, 1.54) is 32.2 Å². The molecule has 16 heavy (non-hydrogen) atoms. The molecule has 0 radical (unpaired) electrons. The van der Waals surface area contributed by atoms with E-state index in [1.807, 2.05) is 0 Å². The predicted molar refractivity (Wildman–Crippen MR) is 68.8 cm³/mol. The Bertz CT molecular complexity index is 165. The molecule has 0 spiro atoms. The van der Waals surface area contributed by atoms with E-state index in [0.29, 0.717) is 6.04 Å². The van der Waals surface area contributed by atoms with Gasteiger partial charge in [-0.15, -0.1) is 0 Å². The summed E-state index contributed by atoms with van der Waals surface area (Å²) in [5.41, 5.74) is 0. The van der Waals surface area contributed by atoms with Crippen LogP contribution in [0.4, 0.5) is 0 Å². The quantitative estimate of drug-likeness (QED) is 0.618. The van der Waals surface area contributed by atoms with E-state index >= 15 is 0 Å². The molecule has 0 aromatic carbocycles. The molecular formula is C13H28N2O. The van der Waals surface area contributed by atoms with Crippen molar-refractivity contribution in [2.45, 2.75) is 51.6 Å². The van der Waals surface area contributed by atoms with Crippen LogP contribution in [0.25, 0.3) is 0 Å². The lowest BCUT2D eigenvalue weighted by Gasteiger charge is -2.27. The average Bonchev–Trinajstić information content (AvgIpc) is 3.08. The minimum Gasteiger partial charge on any atom is -0.383 e. The largest absolute Gasteiger partial charge is 0.383 e. The molecule has 1 aliphatic rings. The van der Waals surface area contributed by atoms with Gasteiger partial charge in [0.25, 0.3) is 0 Å². The van der Waals surface area contributed by atoms with Crippen molar-refractivity contribution in [3.63, 3.8) is 0 Å². The van der Waals surface area contributed by atoms with E-state index in [9.17, 15) is 0 Å². The molecule has 0 aromatic heterocycles. The van der Waals surface area contributed by atoms with Crippen molar-refractivity contribution in [1.82, 2.24) is 10.2 Å². The minimum absolute atomic E-state index is 0.660. The summed E-state index contributed by atoms with van der Waals surface area (Å²) < 4.78 is 5.19. The summed E-state index contributed by atoms with van der Waals surface area (Å²) in [5.74, 6) is 0. The summed E-state index contributed by atoms with van der Waals surface area (Å²) in [6.07, 6.45) is 5.31. The van der Waals surface area contributed by atoms with Crippen molar-refractivity contribution in [1.29, 1.82) is 0 Å². The maximum absolute atomic E-state index is 5.19. The lowest BCUT2D eigenvalue weighted by molar-refractivity contribution is 0.135. The molecule has 0 amide bonds. The number of likely N-dealkylation sites (N-methyl/N-ethyl adjacent to an activating group) is 1. The molecule has 96 valence electrons. The van der Waals surface area contributed by atoms with Gasteiger partial charge in [-0.3, -0.25) is 4.90 Å². The van der Waals surface area contributed by atoms with Crippen molar-refractivity contribution in [2.24, 2.45) is 0 Å². The Balaban J connectivity index is 2.31. The zero-order valence-electron chi connectivity index (χ0n) is 11.2. The molecule has 0 heterocycles. The SMILES string of the molecule is CCCC(CN(CCOC)C1CC1)NCC. The Hall–Kier alpha value is -0.120. The molecule has 3 heteroatoms. The Morgan fingerprint density at radius 3 is 2.62 bits per heavy atom. The summed E-state index contributed by atoms with van der Waals surface area (Å²) in [6.45, 7) is 8.68. The normalized spacial score (nSPS) is 18.0. The van der Waals surface area contributed by atoms with Crippen molar-refractivity contribution in [2.75, 3.05) is 33.4 Å². The molecule has 1 fully saturated rings. The Morgan fingerprint density at radius 1 is 1.38 bits per heavy atom. The van der Waals surface area contributed by atoms with Gasteiger partial charge in [0.05, 0.1) is 6.61 Å². The van der Waals surface area contributed by atoms with Crippen molar-refractivity contribution < 1.29 is 4.74 Å². The first-order valence-electron chi connectivity index (χ1n) is 6.78. The first-order valence-corrected chi connectivity index (χ1v) is 6.78. The molecule has 1 aliphatic carbocycles. The monoisotopic (exact) mass is 228 g/mol. The van der Waals surface area contributed by atoms with Gasteiger partial charge < -0.3 is 10.1 Å². The standard InChI is InChI=1S/C13H28N2O/c1-4-6-12(14-5-2)11-15(9-10-16-3)13-7-8-13/h12-14H,4-11H2,1-3H3. The summed E-state index contributed by atoms with van der Waals surface area (Å²) in [7, 11) is 1.79. The third-order valence-electron chi connectivity index (χ3n) is 3.23. The predicted octanol–water partition coefficient (Wildman–Crippen LogP) is 1.88. The Morgan fingerprint density at radius 2 is 2.12 bits per heavy atom. The summed E-state index contributed by atoms with van der Waals surface area (Å²) in [6, 6.07) is 1.50. The van der Waals surface area contributed by atoms with E-state index in [0.717, 1.165) is 25.7 Å². The van der Waals surface area contributed by atoms with Gasteiger partial charge in [-0.2, -0.15) is 0 Å². The third kappa shape index (κ3) is 5.28. The Labute approximate surface area is 101 Å². The lowest BCUT2D eigenvalue weighted by Crippen LogP contribution is -2.43. The molecule has 1 atom stereocenters. The highest BCUT2D eigenvalue weighted by Gasteiger charge is 2.29. The van der Waals surface area contributed by atoms with E-state index in [-0.39, 0.29) is 0 Å². The van der Waals surface area contributed by atoms with E-state index < -0.39 is 0 Å². The molecule has 3 nitrogen and oxygen atoms in total. The first kappa shape index (κ1) is 13.9. The van der Waals surface area contributed by atoms with Crippen LogP contribution in [0, 0.1) is 0 Å². The van der Waals surface area contributed by atoms with Crippen molar-refractivity contribution >= 4 is 0 Å². The van der Waals surface area contributed by atoms with Gasteiger partial charge in [0.2, 0.25) is 0 Å². The van der Waals surface area contributed by atoms with Gasteiger partial charge in [-0.05, 0) is 25.8 Å². The molecule has 1 rings (SSSR count). The van der Waals surface area contributed by atoms with Crippen LogP contribution >= 0.6 is 0 Å². The molecule has 1 saturated carbocycles. The Kier molecular flexibility index (Phi) is 7.01. The summed E-state index contributed by atoms with van der Waals surface area (Å²) in [5, 5.41) is 3.59. The van der Waals surface area contributed by atoms with Gasteiger partial charge in [-0.25, -0.2) is 0 Å². The molecule has 0 aliphatic heterocycles. The molecule has 0 bridgehead atoms. The number of rotatable bonds is 10. The molecule has 1 unspecified atom stereocenters. The number of ether oxygens (including phenoxy) is 1. The number of nitrogens with one attached hydrogen (secondary N) is 1. The van der Waals surface area contributed by atoms with Crippen LogP contribution in [0.1, 0.15) is 39.5 Å². The van der Waals surface area contributed by atoms with E-state index in [1.54, 1.807) is 7.11 Å². The number of nitrogens with zero attached hydrogens (tertiary/aromatic N) is 1. The van der Waals surface area contributed by atoms with E-state index in [4.69, 9.17) is 4.74 Å². The van der Waals surface area contributed by atoms with Gasteiger partial charge in [0.15, 0.2) is 0 Å². The fourth-order valence-corrected chi connectivity index (χ4v) is 2.25. The van der Waals surface area contributed by atoms with Crippen LogP contribution < -0.4 is 5.32 Å². The second-order valence-corrected chi connectivity index (χ2v) is 4.76. The minimum atomic E-state index is 0.660. The van der Waals surface area contributed by atoms with Gasteiger partial charge >= 0.3 is 0 Å². The fourth-order valence-electron chi connectivity index (χ4n) is 2.25. The van der Waals surface area contributed by atoms with Gasteiger partial charge in [-0.1, -0.05) is 20.3 Å². The summed E-state index contributed by atoms with van der Waals surface area (Å²) in [4.78, 5) is 2.60. The zero-order valence-corrected chi connectivity index (χ0v) is 11.2. The molecular weight excluding hydrogens is 200 g/mol. The van der Waals surface area contributed by atoms with Crippen molar-refractivity contribution in [3.8, 4) is 0 Å². The zero-order chi connectivity index (χ0) is 11.8. The van der Waals surface area contributed by atoms with Crippen molar-refractivity contribution in [3.05, 3.63) is 0 Å². The number of hydrogen-bond acceptors (Lipinski definition) is 3. The highest BCUT2D eigenvalue weighted by atomic mass is 16.5. The highest BCUT2D eigenvalue weighted by molar-refractivity contribution is 4.86. The van der Waals surface area contributed by atoms with Crippen LogP contribution in [-0.2, 0) is 4.74 Å². The second-order valence-electron chi connectivity index (χ2n) is 4.76. The maximum atomic E-state index is 5.19. The molecule has 0 aromatic rings. The van der Waals surface area contributed by atoms with Crippen LogP contribution in [-0.4, -0.2) is 50.3 Å². The topological polar surface area (TPSA) is 24.5 Å². The first-order chi connectivity index (χ1) is 7.81. The molecule has 1 N–H and O–H groups in total. The van der Waals surface area contributed by atoms with E-state index in [2.05, 4.69) is 24.1 Å². The van der Waals surface area contributed by atoms with Gasteiger partial charge in [0, 0.05) is 32.3 Å². The van der Waals surface area contributed by atoms with Gasteiger partial charge in [0.1, 0.15) is 0 Å². The van der Waals surface area contributed by atoms with Crippen LogP contribution in [0.15, 0.2) is 0 Å². The number of hydrogen-bond donors (Lipinski definition) is 1. The molecule has 0 saturated heterocycles. The average molecular weight is 228 g/mol. The number of methoxy groups -OCH3 is 1.